The molecule has 2 saturated carbocycles. The molecule has 0 aromatic heterocycles. The summed E-state index contributed by atoms with van der Waals surface area (Å²) in [4.78, 5) is 2.56. The van der Waals surface area contributed by atoms with Gasteiger partial charge in [0.15, 0.2) is 0 Å². The largest absolute Gasteiger partial charge is 0.296 e. The minimum Gasteiger partial charge on any atom is -0.296 e. The smallest absolute Gasteiger partial charge is 0.0158 e. The van der Waals surface area contributed by atoms with E-state index in [0.29, 0.717) is 49.0 Å². The molecule has 4 unspecified atom stereocenters. The summed E-state index contributed by atoms with van der Waals surface area (Å²) >= 11 is 0. The van der Waals surface area contributed by atoms with Gasteiger partial charge in [-0.2, -0.15) is 0 Å². The quantitative estimate of drug-likeness (QED) is 0.111. The van der Waals surface area contributed by atoms with Crippen molar-refractivity contribution in [1.82, 2.24) is 4.90 Å². The molecule has 4 rings (SSSR count). The van der Waals surface area contributed by atoms with Gasteiger partial charge in [-0.25, -0.2) is 0 Å². The molecule has 1 aliphatic heterocycles. The van der Waals surface area contributed by atoms with E-state index >= 15 is 0 Å². The molecule has 3 fully saturated rings. The second-order valence-corrected chi connectivity index (χ2v) is 41.2. The van der Waals surface area contributed by atoms with Crippen LogP contribution in [0.4, 0.5) is 0 Å². The van der Waals surface area contributed by atoms with Crippen molar-refractivity contribution in [2.75, 3.05) is 7.05 Å². The zero-order valence-corrected chi connectivity index (χ0v) is 70.8. The van der Waals surface area contributed by atoms with Gasteiger partial charge in [-0.3, -0.25) is 4.90 Å². The lowest BCUT2D eigenvalue weighted by molar-refractivity contribution is -0.0565. The van der Waals surface area contributed by atoms with Gasteiger partial charge in [-0.15, -0.1) is 0 Å². The molecule has 1 aromatic carbocycles. The minimum absolute atomic E-state index is 0.333. The number of hydrogen-bond donors (Lipinski definition) is 0. The lowest BCUT2D eigenvalue weighted by atomic mass is 9.65. The Hall–Kier alpha value is -0.820. The number of hydrogen-bond acceptors (Lipinski definition) is 1. The summed E-state index contributed by atoms with van der Waals surface area (Å²) in [5, 5.41) is 0. The molecule has 0 bridgehead atoms. The van der Waals surface area contributed by atoms with Gasteiger partial charge in [0.05, 0.1) is 0 Å². The van der Waals surface area contributed by atoms with Gasteiger partial charge in [0.2, 0.25) is 0 Å². The van der Waals surface area contributed by atoms with E-state index in [9.17, 15) is 0 Å². The van der Waals surface area contributed by atoms with Crippen LogP contribution in [0.2, 0.25) is 0 Å². The highest BCUT2D eigenvalue weighted by Gasteiger charge is 2.46. The van der Waals surface area contributed by atoms with E-state index < -0.39 is 0 Å². The number of likely N-dealkylation sites (tertiary alicyclic amines) is 1. The first-order chi connectivity index (χ1) is 41.2. The van der Waals surface area contributed by atoms with Crippen LogP contribution in [0.25, 0.3) is 0 Å². The minimum atomic E-state index is 0.333. The number of benzene rings is 1. The van der Waals surface area contributed by atoms with E-state index in [2.05, 4.69) is 254 Å². The molecular weight excluding hydrogens is 1090 g/mol. The van der Waals surface area contributed by atoms with Crippen LogP contribution in [0.15, 0.2) is 36.4 Å². The Morgan fingerprint density at radius 3 is 1.01 bits per heavy atom. The molecule has 548 valence electrons. The van der Waals surface area contributed by atoms with Crippen LogP contribution in [0.1, 0.15) is 435 Å². The van der Waals surface area contributed by atoms with E-state index in [1.165, 1.54) is 193 Å². The van der Waals surface area contributed by atoms with E-state index in [0.717, 1.165) is 53.3 Å². The first-order valence-corrected chi connectivity index (χ1v) is 39.9. The number of nitrogens with zero attached hydrogens (tertiary/aromatic N) is 1. The average molecular weight is 1280 g/mol. The molecule has 2 aliphatic carbocycles. The predicted octanol–water partition coefficient (Wildman–Crippen LogP) is 31.9. The fraction of sp³-hybridized carbons (Fsp3) is 0.933. The third-order valence-electron chi connectivity index (χ3n) is 21.4. The zero-order valence-electron chi connectivity index (χ0n) is 70.8. The lowest BCUT2D eigenvalue weighted by Gasteiger charge is -2.56. The fourth-order valence-corrected chi connectivity index (χ4v) is 12.9. The maximum absolute atomic E-state index is 2.56. The molecule has 1 saturated heterocycles. The van der Waals surface area contributed by atoms with Crippen molar-refractivity contribution in [3.8, 4) is 0 Å². The number of unbranched alkanes of at least 4 members (excludes halogenated alkanes) is 4. The van der Waals surface area contributed by atoms with E-state index in [-0.39, 0.29) is 0 Å². The van der Waals surface area contributed by atoms with Crippen LogP contribution >= 0.6 is 0 Å². The Kier molecular flexibility index (Phi) is 51.8. The highest BCUT2D eigenvalue weighted by atomic mass is 15.2. The average Bonchev–Trinajstić information content (AvgIpc) is 1.09. The van der Waals surface area contributed by atoms with Gasteiger partial charge >= 0.3 is 0 Å². The summed E-state index contributed by atoms with van der Waals surface area (Å²) in [7, 11) is 2.28. The SMILES string of the molecule is CC(C)(C)CC1CCCC1.CC(C)(C)CC1CCCCC1.CC(C)CCC(C)CCCC(C)C(C)(C)C.CC(C)CCCC(C)CCC(C)C(C)(C)C.CCC(C)(C)C.CCCCCCCC(C)(C)C.CN1C(C)(C)CC(C(C)(C)C)CC1(C)C.c1ccccc1. The maximum atomic E-state index is 2.56. The Morgan fingerprint density at radius 1 is 0.374 bits per heavy atom. The van der Waals surface area contributed by atoms with Crippen molar-refractivity contribution in [3.63, 3.8) is 0 Å². The van der Waals surface area contributed by atoms with Gasteiger partial charge < -0.3 is 0 Å². The normalized spacial score (nSPS) is 18.3. The molecule has 1 heterocycles. The highest BCUT2D eigenvalue weighted by molar-refractivity contribution is 5.01. The third-order valence-corrected chi connectivity index (χ3v) is 21.4. The fourth-order valence-electron chi connectivity index (χ4n) is 12.9. The van der Waals surface area contributed by atoms with Crippen LogP contribution in [0.3, 0.4) is 0 Å². The summed E-state index contributed by atoms with van der Waals surface area (Å²) in [6.07, 6.45) is 42.8. The molecule has 4 atom stereocenters. The van der Waals surface area contributed by atoms with Crippen molar-refractivity contribution >= 4 is 0 Å². The van der Waals surface area contributed by atoms with Gasteiger partial charge in [-0.05, 0) is 164 Å². The van der Waals surface area contributed by atoms with Crippen LogP contribution < -0.4 is 0 Å². The van der Waals surface area contributed by atoms with Crippen LogP contribution in [-0.2, 0) is 0 Å². The van der Waals surface area contributed by atoms with Crippen LogP contribution in [0.5, 0.6) is 0 Å². The molecule has 0 N–H and O–H groups in total. The predicted molar refractivity (Wildman–Crippen MR) is 425 cm³/mol. The molecule has 1 heteroatoms. The number of rotatable bonds is 21. The summed E-state index contributed by atoms with van der Waals surface area (Å²) in [5.41, 5.74) is 4.29. The van der Waals surface area contributed by atoms with Gasteiger partial charge in [0.25, 0.3) is 0 Å². The van der Waals surface area contributed by atoms with Gasteiger partial charge in [0, 0.05) is 11.1 Å². The molecule has 3 aliphatic rings. The van der Waals surface area contributed by atoms with E-state index in [1.807, 2.05) is 36.4 Å². The molecule has 1 nitrogen and oxygen atoms in total. The van der Waals surface area contributed by atoms with Crippen molar-refractivity contribution in [2.45, 2.75) is 446 Å². The second-order valence-electron chi connectivity index (χ2n) is 41.2. The monoisotopic (exact) mass is 1280 g/mol. The Balaban J connectivity index is -0.000000484. The molecular formula is C90H183N. The number of piperidine rings is 1. The van der Waals surface area contributed by atoms with Gasteiger partial charge in [-0.1, -0.05) is 405 Å². The first-order valence-electron chi connectivity index (χ1n) is 39.9. The van der Waals surface area contributed by atoms with E-state index in [4.69, 9.17) is 0 Å². The van der Waals surface area contributed by atoms with Crippen LogP contribution in [-0.4, -0.2) is 23.0 Å². The Morgan fingerprint density at radius 2 is 0.703 bits per heavy atom. The second kappa shape index (κ2) is 48.8. The maximum Gasteiger partial charge on any atom is 0.0158 e. The molecule has 91 heavy (non-hydrogen) atoms. The van der Waals surface area contributed by atoms with Crippen LogP contribution in [0, 0.1) is 91.2 Å². The van der Waals surface area contributed by atoms with Crippen molar-refractivity contribution in [1.29, 1.82) is 0 Å². The Labute approximate surface area is 582 Å². The van der Waals surface area contributed by atoms with Crippen molar-refractivity contribution < 1.29 is 0 Å². The standard InChI is InChI=1S/2C16H34.C14H29N.C11H22.C11H24.C10H20.C6H6.C6H14/c1-13(2)11-12-14(3)9-8-10-15(4)16(5,6)7;1-13(2)9-8-10-14(3)11-12-15(4)16(5,6)7;1-12(2,3)11-9-13(4,5)15(8)14(6,7)10-11;1-11(2,3)9-10-7-5-4-6-8-10;1-5-6-7-8-9-10-11(2,3)4;1-10(2,3)8-9-6-4-5-7-9;1-2-4-6-5-3-1;1-5-6(2,3)4/h2*13-15H,8-12H2,1-7H3;11H,9-10H2,1-8H3;10H,4-9H2,1-3H3;5-10H2,1-4H3;9H,4-8H2,1-3H3;1-6H;5H2,1-4H3. The summed E-state index contributed by atoms with van der Waals surface area (Å²) in [6, 6.07) is 12.0. The molecule has 1 aromatic rings. The first kappa shape index (κ1) is 96.6. The van der Waals surface area contributed by atoms with Crippen molar-refractivity contribution in [2.24, 2.45) is 91.2 Å². The zero-order chi connectivity index (χ0) is 71.7. The van der Waals surface area contributed by atoms with Gasteiger partial charge in [0.1, 0.15) is 0 Å². The summed E-state index contributed by atoms with van der Waals surface area (Å²) < 4.78 is 0. The van der Waals surface area contributed by atoms with Crippen molar-refractivity contribution in [3.05, 3.63) is 36.4 Å². The molecule has 0 radical (unpaired) electrons. The molecule has 0 amide bonds. The summed E-state index contributed by atoms with van der Waals surface area (Å²) in [5.74, 6) is 8.22. The molecule has 0 spiro atoms. The summed E-state index contributed by atoms with van der Waals surface area (Å²) in [6.45, 7) is 82.1. The Bertz CT molecular complexity index is 1670. The highest BCUT2D eigenvalue weighted by Crippen LogP contribution is 2.47. The third kappa shape index (κ3) is 63.7. The lowest BCUT2D eigenvalue weighted by Crippen LogP contribution is -2.60. The van der Waals surface area contributed by atoms with E-state index in [1.54, 1.807) is 0 Å². The topological polar surface area (TPSA) is 3.24 Å².